The quantitative estimate of drug-likeness (QED) is 0.801. The Balaban J connectivity index is 2.15. The van der Waals surface area contributed by atoms with Crippen molar-refractivity contribution in [2.24, 2.45) is 0 Å². The normalized spacial score (nSPS) is 17.4. The number of halogens is 1. The van der Waals surface area contributed by atoms with Crippen molar-refractivity contribution in [2.45, 2.75) is 12.5 Å². The highest BCUT2D eigenvalue weighted by atomic mass is 35.5. The Morgan fingerprint density at radius 3 is 2.23 bits per heavy atom. The fourth-order valence-electron chi connectivity index (χ4n) is 2.82. The van der Waals surface area contributed by atoms with Crippen LogP contribution in [-0.4, -0.2) is 21.3 Å². The molecule has 0 fully saturated rings. The summed E-state index contributed by atoms with van der Waals surface area (Å²) in [7, 11) is -2.01. The molecular weight excluding hydrogens is 320 g/mol. The lowest BCUT2D eigenvalue weighted by molar-refractivity contribution is 0.577. The molecule has 0 unspecified atom stereocenters. The molecule has 2 aromatic carbocycles. The number of alkyl halides is 1. The van der Waals surface area contributed by atoms with Gasteiger partial charge in [-0.3, -0.25) is 4.31 Å². The van der Waals surface area contributed by atoms with Gasteiger partial charge in [0.2, 0.25) is 0 Å². The largest absolute Gasteiger partial charge is 0.326 e. The molecule has 1 heterocycles. The van der Waals surface area contributed by atoms with Crippen LogP contribution in [0.15, 0.2) is 54.6 Å². The van der Waals surface area contributed by atoms with Crippen LogP contribution < -0.4 is 8.61 Å². The highest BCUT2D eigenvalue weighted by Crippen LogP contribution is 2.45. The standard InChI is InChI=1S/C16H17ClN2O2S/c1-18-15-9-5-6-10-16(15)19(22(18,20)21)14(11-12-17)13-7-3-2-4-8-13/h2-10,14H,11-12H2,1H3/t14-/m1/s1. The summed E-state index contributed by atoms with van der Waals surface area (Å²) in [6, 6.07) is 16.6. The van der Waals surface area contributed by atoms with Crippen LogP contribution in [0.1, 0.15) is 18.0 Å². The maximum absolute atomic E-state index is 12.8. The number of hydrogen-bond acceptors (Lipinski definition) is 2. The first kappa shape index (κ1) is 15.2. The van der Waals surface area contributed by atoms with Crippen LogP contribution in [0, 0.1) is 0 Å². The summed E-state index contributed by atoms with van der Waals surface area (Å²) in [4.78, 5) is 0. The summed E-state index contributed by atoms with van der Waals surface area (Å²) >= 11 is 5.95. The first-order chi connectivity index (χ1) is 10.6. The summed E-state index contributed by atoms with van der Waals surface area (Å²) in [5.41, 5.74) is 2.33. The Bertz CT molecular complexity index is 765. The van der Waals surface area contributed by atoms with Gasteiger partial charge in [0.1, 0.15) is 0 Å². The van der Waals surface area contributed by atoms with Crippen LogP contribution >= 0.6 is 11.6 Å². The van der Waals surface area contributed by atoms with Gasteiger partial charge in [0.25, 0.3) is 0 Å². The summed E-state index contributed by atoms with van der Waals surface area (Å²) < 4.78 is 28.5. The third-order valence-corrected chi connectivity index (χ3v) is 5.96. The van der Waals surface area contributed by atoms with E-state index in [9.17, 15) is 8.42 Å². The van der Waals surface area contributed by atoms with E-state index >= 15 is 0 Å². The maximum Gasteiger partial charge on any atom is 0.326 e. The fraction of sp³-hybridized carbons (Fsp3) is 0.250. The summed E-state index contributed by atoms with van der Waals surface area (Å²) in [5, 5.41) is 0. The van der Waals surface area contributed by atoms with Gasteiger partial charge in [0.15, 0.2) is 0 Å². The van der Waals surface area contributed by atoms with Gasteiger partial charge >= 0.3 is 10.2 Å². The third-order valence-electron chi connectivity index (χ3n) is 3.90. The average molecular weight is 337 g/mol. The van der Waals surface area contributed by atoms with Crippen LogP contribution in [0.2, 0.25) is 0 Å². The molecule has 2 aromatic rings. The minimum absolute atomic E-state index is 0.310. The summed E-state index contributed by atoms with van der Waals surface area (Å²) in [6.07, 6.45) is 0.549. The molecule has 0 N–H and O–H groups in total. The van der Waals surface area contributed by atoms with Crippen molar-refractivity contribution in [1.82, 2.24) is 0 Å². The average Bonchev–Trinajstić information content (AvgIpc) is 2.74. The van der Waals surface area contributed by atoms with Gasteiger partial charge in [-0.1, -0.05) is 42.5 Å². The van der Waals surface area contributed by atoms with E-state index in [-0.39, 0.29) is 6.04 Å². The predicted octanol–water partition coefficient (Wildman–Crippen LogP) is 3.56. The van der Waals surface area contributed by atoms with Crippen molar-refractivity contribution in [3.8, 4) is 0 Å². The first-order valence-electron chi connectivity index (χ1n) is 7.05. The van der Waals surface area contributed by atoms with Gasteiger partial charge < -0.3 is 0 Å². The molecule has 0 aromatic heterocycles. The van der Waals surface area contributed by atoms with E-state index in [1.54, 1.807) is 7.05 Å². The zero-order chi connectivity index (χ0) is 15.7. The molecule has 0 spiro atoms. The maximum atomic E-state index is 12.8. The molecule has 0 radical (unpaired) electrons. The van der Waals surface area contributed by atoms with Gasteiger partial charge in [0.05, 0.1) is 17.4 Å². The molecule has 3 rings (SSSR count). The predicted molar refractivity (Wildman–Crippen MR) is 90.8 cm³/mol. The Hall–Kier alpha value is -1.72. The van der Waals surface area contributed by atoms with Gasteiger partial charge in [-0.2, -0.15) is 8.42 Å². The van der Waals surface area contributed by atoms with E-state index in [4.69, 9.17) is 11.6 Å². The van der Waals surface area contributed by atoms with E-state index in [0.717, 1.165) is 5.56 Å². The zero-order valence-corrected chi connectivity index (χ0v) is 13.8. The van der Waals surface area contributed by atoms with Crippen molar-refractivity contribution < 1.29 is 8.42 Å². The molecule has 6 heteroatoms. The molecule has 0 bridgehead atoms. The van der Waals surface area contributed by atoms with Gasteiger partial charge in [-0.25, -0.2) is 4.31 Å². The topological polar surface area (TPSA) is 40.6 Å². The van der Waals surface area contributed by atoms with Crippen LogP contribution in [0.5, 0.6) is 0 Å². The van der Waals surface area contributed by atoms with Crippen LogP contribution in [0.25, 0.3) is 0 Å². The Morgan fingerprint density at radius 1 is 1.00 bits per heavy atom. The van der Waals surface area contributed by atoms with E-state index < -0.39 is 10.2 Å². The molecule has 0 aliphatic carbocycles. The van der Waals surface area contributed by atoms with Crippen molar-refractivity contribution in [1.29, 1.82) is 0 Å². The minimum atomic E-state index is -3.59. The van der Waals surface area contributed by atoms with Crippen molar-refractivity contribution >= 4 is 33.2 Å². The number of para-hydroxylation sites is 2. The third kappa shape index (κ3) is 2.34. The van der Waals surface area contributed by atoms with E-state index in [1.807, 2.05) is 54.6 Å². The minimum Gasteiger partial charge on any atom is -0.254 e. The lowest BCUT2D eigenvalue weighted by Crippen LogP contribution is -2.38. The Labute approximate surface area is 136 Å². The number of nitrogens with zero attached hydrogens (tertiary/aromatic N) is 2. The molecular formula is C16H17ClN2O2S. The van der Waals surface area contributed by atoms with Crippen molar-refractivity contribution in [3.63, 3.8) is 0 Å². The molecule has 22 heavy (non-hydrogen) atoms. The lowest BCUT2D eigenvalue weighted by Gasteiger charge is -2.29. The monoisotopic (exact) mass is 336 g/mol. The van der Waals surface area contributed by atoms with E-state index in [2.05, 4.69) is 0 Å². The van der Waals surface area contributed by atoms with Gasteiger partial charge in [0, 0.05) is 12.9 Å². The smallest absolute Gasteiger partial charge is 0.254 e. The zero-order valence-electron chi connectivity index (χ0n) is 12.2. The molecule has 0 saturated carbocycles. The molecule has 0 amide bonds. The highest BCUT2D eigenvalue weighted by Gasteiger charge is 2.42. The van der Waals surface area contributed by atoms with Crippen LogP contribution in [-0.2, 0) is 10.2 Å². The lowest BCUT2D eigenvalue weighted by atomic mass is 10.0. The van der Waals surface area contributed by atoms with Crippen LogP contribution in [0.3, 0.4) is 0 Å². The second-order valence-corrected chi connectivity index (χ2v) is 7.38. The number of fused-ring (bicyclic) bond motifs is 1. The second-order valence-electron chi connectivity index (χ2n) is 5.16. The summed E-state index contributed by atoms with van der Waals surface area (Å²) in [5.74, 6) is 0.386. The van der Waals surface area contributed by atoms with Crippen molar-refractivity contribution in [3.05, 3.63) is 60.2 Å². The molecule has 1 aliphatic heterocycles. The van der Waals surface area contributed by atoms with Gasteiger partial charge in [-0.05, 0) is 24.1 Å². The first-order valence-corrected chi connectivity index (χ1v) is 8.98. The molecule has 0 saturated heterocycles. The SMILES string of the molecule is CN1c2ccccc2N([C@H](CCCl)c2ccccc2)S1(=O)=O. The number of anilines is 2. The molecule has 4 nitrogen and oxygen atoms in total. The molecule has 116 valence electrons. The fourth-order valence-corrected chi connectivity index (χ4v) is 4.65. The Kier molecular flexibility index (Phi) is 4.02. The molecule has 1 aliphatic rings. The summed E-state index contributed by atoms with van der Waals surface area (Å²) in [6.45, 7) is 0. The Morgan fingerprint density at radius 2 is 1.59 bits per heavy atom. The van der Waals surface area contributed by atoms with Crippen LogP contribution in [0.4, 0.5) is 11.4 Å². The number of hydrogen-bond donors (Lipinski definition) is 0. The van der Waals surface area contributed by atoms with Gasteiger partial charge in [-0.15, -0.1) is 11.6 Å². The highest BCUT2D eigenvalue weighted by molar-refractivity contribution is 7.94. The van der Waals surface area contributed by atoms with E-state index in [1.165, 1.54) is 8.61 Å². The number of rotatable bonds is 4. The van der Waals surface area contributed by atoms with Crippen molar-refractivity contribution in [2.75, 3.05) is 21.5 Å². The van der Waals surface area contributed by atoms with E-state index in [0.29, 0.717) is 23.7 Å². The number of benzene rings is 2. The second kappa shape index (κ2) is 5.82. The molecule has 1 atom stereocenters.